The van der Waals surface area contributed by atoms with Gasteiger partial charge in [-0.1, -0.05) is 5.16 Å². The molecule has 0 unspecified atom stereocenters. The number of ether oxygens (including phenoxy) is 2. The molecule has 0 aliphatic heterocycles. The Bertz CT molecular complexity index is 860. The molecule has 10 heteroatoms. The van der Waals surface area contributed by atoms with E-state index in [-0.39, 0.29) is 24.8 Å². The molecule has 0 aliphatic carbocycles. The van der Waals surface area contributed by atoms with E-state index in [0.717, 1.165) is 5.56 Å². The Balaban J connectivity index is 1.46. The second kappa shape index (κ2) is 7.53. The third-order valence-corrected chi connectivity index (χ3v) is 3.69. The van der Waals surface area contributed by atoms with Crippen LogP contribution < -0.4 is 4.74 Å². The van der Waals surface area contributed by atoms with Crippen molar-refractivity contribution in [2.45, 2.75) is 6.61 Å². The van der Waals surface area contributed by atoms with Gasteiger partial charge in [0.1, 0.15) is 5.75 Å². The highest BCUT2D eigenvalue weighted by atomic mass is 32.1. The normalized spacial score (nSPS) is 10.4. The van der Waals surface area contributed by atoms with Gasteiger partial charge in [-0.15, -0.1) is 0 Å². The number of thiophene rings is 1. The highest BCUT2D eigenvalue weighted by Gasteiger charge is 2.12. The van der Waals surface area contributed by atoms with Crippen molar-refractivity contribution in [3.8, 4) is 17.1 Å². The van der Waals surface area contributed by atoms with E-state index in [9.17, 15) is 14.9 Å². The molecule has 2 heterocycles. The SMILES string of the molecule is O=C(COc1ccc([N+](=O)[O-])cc1)OCc1nc(-c2ccsc2)no1. The Morgan fingerprint density at radius 3 is 2.76 bits per heavy atom. The fourth-order valence-electron chi connectivity index (χ4n) is 1.81. The average Bonchev–Trinajstić information content (AvgIpc) is 3.29. The first-order valence-corrected chi connectivity index (χ1v) is 7.94. The quantitative estimate of drug-likeness (QED) is 0.358. The molecule has 0 amide bonds. The number of non-ortho nitro benzene ring substituents is 1. The van der Waals surface area contributed by atoms with E-state index in [0.29, 0.717) is 11.6 Å². The Kier molecular flexibility index (Phi) is 5.00. The molecule has 3 rings (SSSR count). The molecule has 128 valence electrons. The number of carbonyl (C=O) groups is 1. The lowest BCUT2D eigenvalue weighted by Crippen LogP contribution is -2.14. The van der Waals surface area contributed by atoms with Crippen LogP contribution in [0.25, 0.3) is 11.4 Å². The summed E-state index contributed by atoms with van der Waals surface area (Å²) in [4.78, 5) is 25.8. The summed E-state index contributed by atoms with van der Waals surface area (Å²) in [7, 11) is 0. The van der Waals surface area contributed by atoms with Gasteiger partial charge in [0.05, 0.1) is 4.92 Å². The van der Waals surface area contributed by atoms with Gasteiger partial charge < -0.3 is 14.0 Å². The van der Waals surface area contributed by atoms with E-state index in [4.69, 9.17) is 14.0 Å². The van der Waals surface area contributed by atoms with Crippen LogP contribution >= 0.6 is 11.3 Å². The topological polar surface area (TPSA) is 118 Å². The van der Waals surface area contributed by atoms with Gasteiger partial charge >= 0.3 is 5.97 Å². The van der Waals surface area contributed by atoms with Gasteiger partial charge in [0, 0.05) is 23.1 Å². The summed E-state index contributed by atoms with van der Waals surface area (Å²) in [6.07, 6.45) is 0. The summed E-state index contributed by atoms with van der Waals surface area (Å²) >= 11 is 1.51. The van der Waals surface area contributed by atoms with E-state index in [1.54, 1.807) is 0 Å². The Hall–Kier alpha value is -3.27. The molecule has 0 spiro atoms. The van der Waals surface area contributed by atoms with Crippen molar-refractivity contribution in [1.29, 1.82) is 0 Å². The van der Waals surface area contributed by atoms with E-state index in [2.05, 4.69) is 10.1 Å². The van der Waals surface area contributed by atoms with E-state index in [1.807, 2.05) is 16.8 Å². The number of hydrogen-bond donors (Lipinski definition) is 0. The van der Waals surface area contributed by atoms with E-state index < -0.39 is 10.9 Å². The van der Waals surface area contributed by atoms with Gasteiger partial charge in [0.25, 0.3) is 11.6 Å². The molecule has 2 aromatic heterocycles. The molecule has 0 aliphatic rings. The average molecular weight is 361 g/mol. The highest BCUT2D eigenvalue weighted by Crippen LogP contribution is 2.19. The largest absolute Gasteiger partial charge is 0.482 e. The van der Waals surface area contributed by atoms with Gasteiger partial charge in [0.15, 0.2) is 13.2 Å². The van der Waals surface area contributed by atoms with Gasteiger partial charge in [-0.2, -0.15) is 16.3 Å². The van der Waals surface area contributed by atoms with Crippen LogP contribution in [-0.4, -0.2) is 27.6 Å². The van der Waals surface area contributed by atoms with Crippen molar-refractivity contribution in [1.82, 2.24) is 10.1 Å². The first-order valence-electron chi connectivity index (χ1n) is 7.00. The minimum Gasteiger partial charge on any atom is -0.482 e. The molecular formula is C15H11N3O6S. The van der Waals surface area contributed by atoms with Crippen molar-refractivity contribution in [3.63, 3.8) is 0 Å². The predicted molar refractivity (Wildman–Crippen MR) is 86.0 cm³/mol. The summed E-state index contributed by atoms with van der Waals surface area (Å²) in [5.41, 5.74) is 0.764. The van der Waals surface area contributed by atoms with Crippen LogP contribution in [0.3, 0.4) is 0 Å². The maximum Gasteiger partial charge on any atom is 0.344 e. The fourth-order valence-corrected chi connectivity index (χ4v) is 2.45. The summed E-state index contributed by atoms with van der Waals surface area (Å²) in [6.45, 7) is -0.511. The third kappa shape index (κ3) is 4.38. The summed E-state index contributed by atoms with van der Waals surface area (Å²) in [5.74, 6) is 0.285. The van der Waals surface area contributed by atoms with E-state index >= 15 is 0 Å². The third-order valence-electron chi connectivity index (χ3n) is 3.01. The second-order valence-electron chi connectivity index (χ2n) is 4.72. The first-order chi connectivity index (χ1) is 12.1. The highest BCUT2D eigenvalue weighted by molar-refractivity contribution is 7.08. The molecule has 0 N–H and O–H groups in total. The van der Waals surface area contributed by atoms with E-state index in [1.165, 1.54) is 35.6 Å². The number of esters is 1. The summed E-state index contributed by atoms with van der Waals surface area (Å²) in [5, 5.41) is 18.1. The lowest BCUT2D eigenvalue weighted by molar-refractivity contribution is -0.384. The fraction of sp³-hybridized carbons (Fsp3) is 0.133. The summed E-state index contributed by atoms with van der Waals surface area (Å²) < 4.78 is 15.2. The van der Waals surface area contributed by atoms with Crippen molar-refractivity contribution < 1.29 is 23.7 Å². The van der Waals surface area contributed by atoms with Crippen LogP contribution in [0, 0.1) is 10.1 Å². The maximum absolute atomic E-state index is 11.7. The second-order valence-corrected chi connectivity index (χ2v) is 5.50. The van der Waals surface area contributed by atoms with Crippen molar-refractivity contribution in [3.05, 3.63) is 57.1 Å². The predicted octanol–water partition coefficient (Wildman–Crippen LogP) is 2.83. The van der Waals surface area contributed by atoms with Crippen molar-refractivity contribution in [2.75, 3.05) is 6.61 Å². The number of nitro benzene ring substituents is 1. The monoisotopic (exact) mass is 361 g/mol. The Labute approximate surface area is 145 Å². The standard InChI is InChI=1S/C15H11N3O6S/c19-14(8-22-12-3-1-11(2-4-12)18(20)21)23-7-13-16-15(17-24-13)10-5-6-25-9-10/h1-6,9H,7-8H2. The smallest absolute Gasteiger partial charge is 0.344 e. The number of nitro groups is 1. The molecule has 0 radical (unpaired) electrons. The number of rotatable bonds is 7. The lowest BCUT2D eigenvalue weighted by Gasteiger charge is -2.05. The van der Waals surface area contributed by atoms with Crippen molar-refractivity contribution >= 4 is 23.0 Å². The Morgan fingerprint density at radius 2 is 2.08 bits per heavy atom. The number of hydrogen-bond acceptors (Lipinski definition) is 9. The summed E-state index contributed by atoms with van der Waals surface area (Å²) in [6, 6.07) is 7.21. The zero-order valence-corrected chi connectivity index (χ0v) is 13.5. The maximum atomic E-state index is 11.7. The molecule has 0 saturated heterocycles. The van der Waals surface area contributed by atoms with Gasteiger partial charge in [-0.05, 0) is 23.6 Å². The number of benzene rings is 1. The zero-order chi connectivity index (χ0) is 17.6. The molecule has 0 bridgehead atoms. The molecular weight excluding hydrogens is 350 g/mol. The van der Waals surface area contributed by atoms with Gasteiger partial charge in [-0.3, -0.25) is 10.1 Å². The number of aromatic nitrogens is 2. The Morgan fingerprint density at radius 1 is 1.28 bits per heavy atom. The molecule has 0 atom stereocenters. The first kappa shape index (κ1) is 16.6. The molecule has 0 saturated carbocycles. The van der Waals surface area contributed by atoms with Crippen LogP contribution in [0.15, 0.2) is 45.6 Å². The number of carbonyl (C=O) groups excluding carboxylic acids is 1. The number of nitrogens with zero attached hydrogens (tertiary/aromatic N) is 3. The van der Waals surface area contributed by atoms with Crippen LogP contribution in [0.5, 0.6) is 5.75 Å². The minimum atomic E-state index is -0.631. The molecule has 1 aromatic carbocycles. The van der Waals surface area contributed by atoms with Gasteiger partial charge in [-0.25, -0.2) is 4.79 Å². The van der Waals surface area contributed by atoms with Crippen LogP contribution in [-0.2, 0) is 16.1 Å². The molecule has 9 nitrogen and oxygen atoms in total. The van der Waals surface area contributed by atoms with Crippen LogP contribution in [0.4, 0.5) is 5.69 Å². The van der Waals surface area contributed by atoms with Gasteiger partial charge in [0.2, 0.25) is 5.82 Å². The molecule has 3 aromatic rings. The minimum absolute atomic E-state index is 0.0623. The van der Waals surface area contributed by atoms with Crippen LogP contribution in [0.1, 0.15) is 5.89 Å². The lowest BCUT2D eigenvalue weighted by atomic mass is 10.3. The molecule has 0 fully saturated rings. The molecule has 25 heavy (non-hydrogen) atoms. The van der Waals surface area contributed by atoms with Crippen LogP contribution in [0.2, 0.25) is 0 Å². The van der Waals surface area contributed by atoms with Crippen molar-refractivity contribution in [2.24, 2.45) is 0 Å². The zero-order valence-electron chi connectivity index (χ0n) is 12.7.